The topological polar surface area (TPSA) is 53.2 Å². The van der Waals surface area contributed by atoms with Gasteiger partial charge in [-0.05, 0) is 49.9 Å². The monoisotopic (exact) mass is 289 g/mol. The van der Waals surface area contributed by atoms with Gasteiger partial charge in [0, 0.05) is 17.8 Å². The van der Waals surface area contributed by atoms with Crippen LogP contribution >= 0.6 is 0 Å². The maximum Gasteiger partial charge on any atom is 0.319 e. The molecular weight excluding hydrogens is 262 g/mol. The second kappa shape index (κ2) is 7.46. The second-order valence-corrected chi connectivity index (χ2v) is 6.01. The number of amides is 2. The van der Waals surface area contributed by atoms with Crippen molar-refractivity contribution < 1.29 is 4.79 Å². The molecule has 116 valence electrons. The first-order valence-electron chi connectivity index (χ1n) is 8.01. The van der Waals surface area contributed by atoms with Crippen molar-refractivity contribution in [1.29, 1.82) is 0 Å². The molecular formula is C17H27N3O. The highest BCUT2D eigenvalue weighted by molar-refractivity contribution is 5.89. The summed E-state index contributed by atoms with van der Waals surface area (Å²) >= 11 is 0. The fourth-order valence-corrected chi connectivity index (χ4v) is 2.97. The fourth-order valence-electron chi connectivity index (χ4n) is 2.97. The molecule has 0 heterocycles. The van der Waals surface area contributed by atoms with Crippen molar-refractivity contribution in [2.45, 2.75) is 52.1 Å². The van der Waals surface area contributed by atoms with Crippen molar-refractivity contribution >= 4 is 11.7 Å². The highest BCUT2D eigenvalue weighted by Gasteiger charge is 2.24. The Morgan fingerprint density at radius 1 is 1.29 bits per heavy atom. The average Bonchev–Trinajstić information content (AvgIpc) is 2.85. The molecule has 0 spiro atoms. The van der Waals surface area contributed by atoms with Crippen LogP contribution in [-0.4, -0.2) is 18.6 Å². The molecule has 1 aromatic rings. The van der Waals surface area contributed by atoms with Crippen LogP contribution in [0.2, 0.25) is 0 Å². The molecule has 4 nitrogen and oxygen atoms in total. The average molecular weight is 289 g/mol. The van der Waals surface area contributed by atoms with E-state index in [1.807, 2.05) is 12.1 Å². The lowest BCUT2D eigenvalue weighted by Gasteiger charge is -2.18. The van der Waals surface area contributed by atoms with Gasteiger partial charge in [-0.15, -0.1) is 0 Å². The molecule has 2 amide bonds. The lowest BCUT2D eigenvalue weighted by Crippen LogP contribution is -2.39. The molecule has 0 saturated heterocycles. The fraction of sp³-hybridized carbons (Fsp3) is 0.588. The van der Waals surface area contributed by atoms with Gasteiger partial charge in [0.05, 0.1) is 0 Å². The van der Waals surface area contributed by atoms with Crippen LogP contribution in [0.5, 0.6) is 0 Å². The van der Waals surface area contributed by atoms with Gasteiger partial charge in [-0.1, -0.05) is 32.4 Å². The number of carbonyl (C=O) groups excluding carboxylic acids is 1. The van der Waals surface area contributed by atoms with Crippen molar-refractivity contribution in [2.24, 2.45) is 5.92 Å². The number of benzene rings is 1. The van der Waals surface area contributed by atoms with Crippen LogP contribution in [-0.2, 0) is 0 Å². The van der Waals surface area contributed by atoms with Gasteiger partial charge in [-0.3, -0.25) is 0 Å². The maximum absolute atomic E-state index is 12.0. The summed E-state index contributed by atoms with van der Waals surface area (Å²) in [5.74, 6) is 0.582. The zero-order chi connectivity index (χ0) is 15.2. The SMILES string of the molecule is CCNC(C)c1ccc(NC(=O)NC2CCCC2C)cc1. The van der Waals surface area contributed by atoms with Gasteiger partial charge in [-0.25, -0.2) is 4.79 Å². The molecule has 1 aliphatic carbocycles. The van der Waals surface area contributed by atoms with E-state index in [0.29, 0.717) is 18.0 Å². The minimum atomic E-state index is -0.0961. The zero-order valence-corrected chi connectivity index (χ0v) is 13.3. The van der Waals surface area contributed by atoms with E-state index in [1.165, 1.54) is 18.4 Å². The first-order valence-corrected chi connectivity index (χ1v) is 8.01. The quantitative estimate of drug-likeness (QED) is 0.774. The number of hydrogen-bond acceptors (Lipinski definition) is 2. The summed E-state index contributed by atoms with van der Waals surface area (Å²) in [6.45, 7) is 7.39. The second-order valence-electron chi connectivity index (χ2n) is 6.01. The van der Waals surface area contributed by atoms with Crippen LogP contribution in [0.15, 0.2) is 24.3 Å². The molecule has 1 fully saturated rings. The van der Waals surface area contributed by atoms with Crippen molar-refractivity contribution in [3.63, 3.8) is 0 Å². The van der Waals surface area contributed by atoms with Crippen molar-refractivity contribution in [3.8, 4) is 0 Å². The van der Waals surface area contributed by atoms with Gasteiger partial charge in [-0.2, -0.15) is 0 Å². The summed E-state index contributed by atoms with van der Waals surface area (Å²) in [5, 5.41) is 9.36. The number of nitrogens with one attached hydrogen (secondary N) is 3. The van der Waals surface area contributed by atoms with E-state index in [0.717, 1.165) is 18.7 Å². The van der Waals surface area contributed by atoms with Gasteiger partial charge in [0.15, 0.2) is 0 Å². The smallest absolute Gasteiger partial charge is 0.319 e. The van der Waals surface area contributed by atoms with E-state index >= 15 is 0 Å². The molecule has 1 saturated carbocycles. The number of carbonyl (C=O) groups is 1. The van der Waals surface area contributed by atoms with Crippen LogP contribution in [0.4, 0.5) is 10.5 Å². The molecule has 1 aliphatic rings. The summed E-state index contributed by atoms with van der Waals surface area (Å²) < 4.78 is 0. The summed E-state index contributed by atoms with van der Waals surface area (Å²) in [6.07, 6.45) is 3.51. The highest BCUT2D eigenvalue weighted by Crippen LogP contribution is 2.24. The molecule has 3 unspecified atom stereocenters. The van der Waals surface area contributed by atoms with Gasteiger partial charge in [0.2, 0.25) is 0 Å². The molecule has 0 radical (unpaired) electrons. The van der Waals surface area contributed by atoms with Crippen LogP contribution < -0.4 is 16.0 Å². The van der Waals surface area contributed by atoms with E-state index in [2.05, 4.69) is 48.9 Å². The Morgan fingerprint density at radius 3 is 2.57 bits per heavy atom. The Hall–Kier alpha value is -1.55. The predicted molar refractivity (Wildman–Crippen MR) is 87.5 cm³/mol. The molecule has 1 aromatic carbocycles. The van der Waals surface area contributed by atoms with E-state index in [1.54, 1.807) is 0 Å². The Labute approximate surface area is 127 Å². The maximum atomic E-state index is 12.0. The molecule has 0 bridgehead atoms. The predicted octanol–water partition coefficient (Wildman–Crippen LogP) is 3.67. The van der Waals surface area contributed by atoms with E-state index in [9.17, 15) is 4.79 Å². The van der Waals surface area contributed by atoms with Gasteiger partial charge in [0.1, 0.15) is 0 Å². The summed E-state index contributed by atoms with van der Waals surface area (Å²) in [6, 6.07) is 8.58. The third-order valence-corrected chi connectivity index (χ3v) is 4.36. The minimum absolute atomic E-state index is 0.0961. The van der Waals surface area contributed by atoms with Crippen LogP contribution in [0.1, 0.15) is 51.6 Å². The Balaban J connectivity index is 1.86. The van der Waals surface area contributed by atoms with Crippen molar-refractivity contribution in [1.82, 2.24) is 10.6 Å². The third-order valence-electron chi connectivity index (χ3n) is 4.36. The standard InChI is InChI=1S/C17H27N3O/c1-4-18-13(3)14-8-10-15(11-9-14)19-17(21)20-16-7-5-6-12(16)2/h8-13,16,18H,4-7H2,1-3H3,(H2,19,20,21). The largest absolute Gasteiger partial charge is 0.335 e. The first-order chi connectivity index (χ1) is 10.1. The molecule has 21 heavy (non-hydrogen) atoms. The molecule has 3 atom stereocenters. The molecule has 4 heteroatoms. The summed E-state index contributed by atoms with van der Waals surface area (Å²) in [4.78, 5) is 12.0. The van der Waals surface area contributed by atoms with Crippen molar-refractivity contribution in [2.75, 3.05) is 11.9 Å². The number of urea groups is 1. The van der Waals surface area contributed by atoms with E-state index in [-0.39, 0.29) is 6.03 Å². The van der Waals surface area contributed by atoms with Gasteiger partial charge in [0.25, 0.3) is 0 Å². The number of hydrogen-bond donors (Lipinski definition) is 3. The third kappa shape index (κ3) is 4.46. The number of rotatable bonds is 5. The minimum Gasteiger partial charge on any atom is -0.335 e. The first kappa shape index (κ1) is 15.8. The Bertz CT molecular complexity index is 458. The lowest BCUT2D eigenvalue weighted by atomic mass is 10.1. The normalized spacial score (nSPS) is 22.8. The molecule has 0 aliphatic heterocycles. The van der Waals surface area contributed by atoms with Crippen LogP contribution in [0.25, 0.3) is 0 Å². The summed E-state index contributed by atoms with van der Waals surface area (Å²) in [7, 11) is 0. The molecule has 3 N–H and O–H groups in total. The van der Waals surface area contributed by atoms with Crippen LogP contribution in [0.3, 0.4) is 0 Å². The highest BCUT2D eigenvalue weighted by atomic mass is 16.2. The van der Waals surface area contributed by atoms with E-state index in [4.69, 9.17) is 0 Å². The number of anilines is 1. The Kier molecular flexibility index (Phi) is 5.62. The van der Waals surface area contributed by atoms with Crippen molar-refractivity contribution in [3.05, 3.63) is 29.8 Å². The van der Waals surface area contributed by atoms with Crippen LogP contribution in [0, 0.1) is 5.92 Å². The summed E-state index contributed by atoms with van der Waals surface area (Å²) in [5.41, 5.74) is 2.07. The zero-order valence-electron chi connectivity index (χ0n) is 13.3. The van der Waals surface area contributed by atoms with E-state index < -0.39 is 0 Å². The van der Waals surface area contributed by atoms with Gasteiger partial charge >= 0.3 is 6.03 Å². The molecule has 2 rings (SSSR count). The van der Waals surface area contributed by atoms with Gasteiger partial charge < -0.3 is 16.0 Å². The lowest BCUT2D eigenvalue weighted by molar-refractivity contribution is 0.246. The Morgan fingerprint density at radius 2 is 2.00 bits per heavy atom. The molecule has 0 aromatic heterocycles.